The minimum Gasteiger partial charge on any atom is -0.381 e. The van der Waals surface area contributed by atoms with Crippen LogP contribution < -0.4 is 0 Å². The van der Waals surface area contributed by atoms with Gasteiger partial charge in [0.2, 0.25) is 0 Å². The van der Waals surface area contributed by atoms with Crippen molar-refractivity contribution in [3.05, 3.63) is 0 Å². The molecule has 0 saturated carbocycles. The third kappa shape index (κ3) is 9.37. The number of ether oxygens (including phenoxy) is 1. The van der Waals surface area contributed by atoms with Crippen LogP contribution in [0.25, 0.3) is 0 Å². The van der Waals surface area contributed by atoms with Crippen LogP contribution in [0, 0.1) is 11.8 Å². The van der Waals surface area contributed by atoms with Crippen molar-refractivity contribution in [2.75, 3.05) is 18.5 Å². The molecule has 0 aromatic rings. The first-order chi connectivity index (χ1) is 7.22. The summed E-state index contributed by atoms with van der Waals surface area (Å²) in [4.78, 5) is 0. The Bertz CT molecular complexity index is 126. The second-order valence-corrected chi connectivity index (χ2v) is 5.30. The van der Waals surface area contributed by atoms with E-state index in [9.17, 15) is 0 Å². The molecule has 0 amide bonds. The van der Waals surface area contributed by atoms with E-state index in [-0.39, 0.29) is 0 Å². The maximum Gasteiger partial charge on any atom is 0.0504 e. The maximum absolute atomic E-state index is 5.70. The zero-order chi connectivity index (χ0) is 11.5. The van der Waals surface area contributed by atoms with E-state index in [0.29, 0.717) is 11.8 Å². The molecule has 0 aliphatic heterocycles. The Hall–Kier alpha value is 0.440. The zero-order valence-corrected chi connectivity index (χ0v) is 12.2. The van der Waals surface area contributed by atoms with E-state index in [4.69, 9.17) is 4.74 Å². The Morgan fingerprint density at radius 2 is 1.73 bits per heavy atom. The molecule has 1 nitrogen and oxygen atoms in total. The molecule has 0 fully saturated rings. The van der Waals surface area contributed by atoms with Gasteiger partial charge in [-0.1, -0.05) is 62.4 Å². The second-order valence-electron chi connectivity index (χ2n) is 4.65. The summed E-state index contributed by atoms with van der Waals surface area (Å²) in [6.07, 6.45) is 6.61. The topological polar surface area (TPSA) is 9.23 Å². The highest BCUT2D eigenvalue weighted by Gasteiger charge is 2.11. The molecule has 0 bridgehead atoms. The van der Waals surface area contributed by atoms with E-state index in [1.807, 2.05) is 0 Å². The third-order valence-corrected chi connectivity index (χ3v) is 3.70. The predicted octanol–water partition coefficient (Wildman–Crippen LogP) is 4.64. The molecule has 0 rings (SSSR count). The van der Waals surface area contributed by atoms with Gasteiger partial charge < -0.3 is 4.74 Å². The standard InChI is InChI=1S/C13H27BrO/c1-4-5-6-7-8-9-15-11-13(10-14)12(2)3/h12-13H,4-11H2,1-3H3. The molecule has 0 aromatic carbocycles. The van der Waals surface area contributed by atoms with Gasteiger partial charge >= 0.3 is 0 Å². The first-order valence-electron chi connectivity index (χ1n) is 6.36. The fourth-order valence-electron chi connectivity index (χ4n) is 1.46. The van der Waals surface area contributed by atoms with Gasteiger partial charge in [0.1, 0.15) is 0 Å². The first-order valence-corrected chi connectivity index (χ1v) is 7.48. The van der Waals surface area contributed by atoms with Crippen LogP contribution in [0.2, 0.25) is 0 Å². The number of hydrogen-bond donors (Lipinski definition) is 0. The molecule has 0 saturated heterocycles. The molecule has 1 atom stereocenters. The Morgan fingerprint density at radius 1 is 1.07 bits per heavy atom. The lowest BCUT2D eigenvalue weighted by molar-refractivity contribution is 0.0888. The Balaban J connectivity index is 3.22. The normalized spacial score (nSPS) is 13.4. The van der Waals surface area contributed by atoms with Crippen LogP contribution >= 0.6 is 15.9 Å². The molecule has 2 heteroatoms. The van der Waals surface area contributed by atoms with Crippen LogP contribution in [-0.2, 0) is 4.74 Å². The summed E-state index contributed by atoms with van der Waals surface area (Å²) in [6.45, 7) is 8.63. The van der Waals surface area contributed by atoms with Gasteiger partial charge in [0.25, 0.3) is 0 Å². The maximum atomic E-state index is 5.70. The van der Waals surface area contributed by atoms with Crippen molar-refractivity contribution in [3.63, 3.8) is 0 Å². The van der Waals surface area contributed by atoms with Crippen LogP contribution in [0.5, 0.6) is 0 Å². The molecule has 92 valence electrons. The summed E-state index contributed by atoms with van der Waals surface area (Å²) in [5.74, 6) is 1.38. The summed E-state index contributed by atoms with van der Waals surface area (Å²) in [6, 6.07) is 0. The highest BCUT2D eigenvalue weighted by molar-refractivity contribution is 9.09. The second kappa shape index (κ2) is 10.9. The van der Waals surface area contributed by atoms with Gasteiger partial charge in [0.15, 0.2) is 0 Å². The van der Waals surface area contributed by atoms with E-state index >= 15 is 0 Å². The van der Waals surface area contributed by atoms with Crippen molar-refractivity contribution in [1.29, 1.82) is 0 Å². The highest BCUT2D eigenvalue weighted by atomic mass is 79.9. The lowest BCUT2D eigenvalue weighted by Gasteiger charge is -2.17. The van der Waals surface area contributed by atoms with Crippen LogP contribution in [0.1, 0.15) is 52.9 Å². The largest absolute Gasteiger partial charge is 0.381 e. The summed E-state index contributed by atoms with van der Waals surface area (Å²) < 4.78 is 5.70. The van der Waals surface area contributed by atoms with Crippen LogP contribution in [0.4, 0.5) is 0 Å². The minimum absolute atomic E-state index is 0.667. The Labute approximate surface area is 104 Å². The number of halogens is 1. The average Bonchev–Trinajstić information content (AvgIpc) is 2.21. The lowest BCUT2D eigenvalue weighted by atomic mass is 9.99. The summed E-state index contributed by atoms with van der Waals surface area (Å²) in [5.41, 5.74) is 0. The molecule has 0 heterocycles. The minimum atomic E-state index is 0.667. The molecular formula is C13H27BrO. The van der Waals surface area contributed by atoms with Crippen LogP contribution in [0.3, 0.4) is 0 Å². The highest BCUT2D eigenvalue weighted by Crippen LogP contribution is 2.14. The van der Waals surface area contributed by atoms with Gasteiger partial charge in [-0.15, -0.1) is 0 Å². The molecule has 1 unspecified atom stereocenters. The molecular weight excluding hydrogens is 252 g/mol. The van der Waals surface area contributed by atoms with Gasteiger partial charge in [0.05, 0.1) is 6.61 Å². The van der Waals surface area contributed by atoms with Crippen molar-refractivity contribution >= 4 is 15.9 Å². The Morgan fingerprint density at radius 3 is 2.27 bits per heavy atom. The smallest absolute Gasteiger partial charge is 0.0504 e. The fourth-order valence-corrected chi connectivity index (χ4v) is 2.39. The van der Waals surface area contributed by atoms with Crippen molar-refractivity contribution < 1.29 is 4.74 Å². The third-order valence-electron chi connectivity index (χ3n) is 2.87. The molecule has 15 heavy (non-hydrogen) atoms. The SMILES string of the molecule is CCCCCCCOCC(CBr)C(C)C. The first kappa shape index (κ1) is 15.4. The van der Waals surface area contributed by atoms with Crippen molar-refractivity contribution in [3.8, 4) is 0 Å². The van der Waals surface area contributed by atoms with Crippen molar-refractivity contribution in [1.82, 2.24) is 0 Å². The molecule has 0 aliphatic carbocycles. The zero-order valence-electron chi connectivity index (χ0n) is 10.6. The average molecular weight is 279 g/mol. The fraction of sp³-hybridized carbons (Fsp3) is 1.00. The van der Waals surface area contributed by atoms with Gasteiger partial charge in [-0.3, -0.25) is 0 Å². The van der Waals surface area contributed by atoms with Crippen molar-refractivity contribution in [2.45, 2.75) is 52.9 Å². The summed E-state index contributed by atoms with van der Waals surface area (Å²) in [5, 5.41) is 1.06. The summed E-state index contributed by atoms with van der Waals surface area (Å²) >= 11 is 3.54. The van der Waals surface area contributed by atoms with E-state index in [1.54, 1.807) is 0 Å². The molecule has 0 spiro atoms. The lowest BCUT2D eigenvalue weighted by Crippen LogP contribution is -2.17. The number of rotatable bonds is 10. The molecule has 0 aromatic heterocycles. The van der Waals surface area contributed by atoms with Gasteiger partial charge in [-0.25, -0.2) is 0 Å². The Kier molecular flexibility index (Phi) is 11.3. The van der Waals surface area contributed by atoms with Crippen molar-refractivity contribution in [2.24, 2.45) is 11.8 Å². The van der Waals surface area contributed by atoms with E-state index in [1.165, 1.54) is 32.1 Å². The number of hydrogen-bond acceptors (Lipinski definition) is 1. The number of unbranched alkanes of at least 4 members (excludes halogenated alkanes) is 4. The number of alkyl halides is 1. The molecule has 0 N–H and O–H groups in total. The molecule has 0 radical (unpaired) electrons. The summed E-state index contributed by atoms with van der Waals surface area (Å²) in [7, 11) is 0. The van der Waals surface area contributed by atoms with Gasteiger partial charge in [0, 0.05) is 11.9 Å². The monoisotopic (exact) mass is 278 g/mol. The quantitative estimate of drug-likeness (QED) is 0.418. The van der Waals surface area contributed by atoms with E-state index in [2.05, 4.69) is 36.7 Å². The van der Waals surface area contributed by atoms with Crippen LogP contribution in [0.15, 0.2) is 0 Å². The molecule has 0 aliphatic rings. The van der Waals surface area contributed by atoms with Crippen LogP contribution in [-0.4, -0.2) is 18.5 Å². The predicted molar refractivity (Wildman–Crippen MR) is 71.7 cm³/mol. The van der Waals surface area contributed by atoms with E-state index in [0.717, 1.165) is 18.5 Å². The van der Waals surface area contributed by atoms with Gasteiger partial charge in [-0.05, 0) is 18.3 Å². The van der Waals surface area contributed by atoms with E-state index < -0.39 is 0 Å². The van der Waals surface area contributed by atoms with Gasteiger partial charge in [-0.2, -0.15) is 0 Å².